The number of hydrogen-bond donors (Lipinski definition) is 1. The van der Waals surface area contributed by atoms with Crippen molar-refractivity contribution >= 4 is 0 Å². The topological polar surface area (TPSA) is 35.2 Å². The monoisotopic (exact) mass is 277 g/mol. The lowest BCUT2D eigenvalue weighted by molar-refractivity contribution is 0.294. The van der Waals surface area contributed by atoms with Gasteiger partial charge in [0.05, 0.1) is 0 Å². The molecule has 2 nitrogen and oxygen atoms in total. The summed E-state index contributed by atoms with van der Waals surface area (Å²) in [5.41, 5.74) is 7.30. The molecule has 1 atom stereocenters. The lowest BCUT2D eigenvalue weighted by atomic mass is 10.0. The maximum atomic E-state index is 13.6. The Morgan fingerprint density at radius 3 is 2.50 bits per heavy atom. The van der Waals surface area contributed by atoms with Gasteiger partial charge in [-0.3, -0.25) is 0 Å². The Morgan fingerprint density at radius 2 is 1.85 bits per heavy atom. The van der Waals surface area contributed by atoms with Gasteiger partial charge >= 0.3 is 0 Å². The van der Waals surface area contributed by atoms with Crippen molar-refractivity contribution in [3.05, 3.63) is 64.7 Å². The highest BCUT2D eigenvalue weighted by molar-refractivity contribution is 5.40. The van der Waals surface area contributed by atoms with Crippen LogP contribution >= 0.6 is 0 Å². The lowest BCUT2D eigenvalue weighted by Crippen LogP contribution is -2.09. The number of hydrogen-bond acceptors (Lipinski definition) is 2. The van der Waals surface area contributed by atoms with Crippen molar-refractivity contribution in [1.82, 2.24) is 0 Å². The van der Waals surface area contributed by atoms with Crippen LogP contribution in [0.5, 0.6) is 5.75 Å². The van der Waals surface area contributed by atoms with Crippen LogP contribution in [0.1, 0.15) is 29.7 Å². The van der Waals surface area contributed by atoms with Crippen molar-refractivity contribution in [1.29, 1.82) is 0 Å². The summed E-state index contributed by atoms with van der Waals surface area (Å²) in [5.74, 6) is -0.161. The van der Waals surface area contributed by atoms with E-state index < -0.39 is 0 Å². The first-order valence-electron chi connectivity index (χ1n) is 6.41. The third kappa shape index (κ3) is 3.14. The highest BCUT2D eigenvalue weighted by Crippen LogP contribution is 2.28. The third-order valence-electron chi connectivity index (χ3n) is 3.12. The van der Waals surface area contributed by atoms with Crippen LogP contribution in [0.3, 0.4) is 0 Å². The van der Waals surface area contributed by atoms with Crippen LogP contribution in [0.4, 0.5) is 8.78 Å². The lowest BCUT2D eigenvalue weighted by Gasteiger charge is -2.15. The Bertz CT molecular complexity index is 611. The number of ether oxygens (including phenoxy) is 1. The second kappa shape index (κ2) is 6.01. The van der Waals surface area contributed by atoms with Gasteiger partial charge in [-0.15, -0.1) is 0 Å². The van der Waals surface area contributed by atoms with Gasteiger partial charge in [-0.2, -0.15) is 0 Å². The van der Waals surface area contributed by atoms with Crippen LogP contribution < -0.4 is 10.5 Å². The smallest absolute Gasteiger partial charge is 0.129 e. The molecule has 0 saturated heterocycles. The van der Waals surface area contributed by atoms with Gasteiger partial charge in [-0.25, -0.2) is 8.78 Å². The van der Waals surface area contributed by atoms with E-state index in [1.807, 2.05) is 0 Å². The molecule has 0 amide bonds. The molecule has 20 heavy (non-hydrogen) atoms. The standard InChI is InChI=1S/C16H17F2NO/c1-10-7-16(13(11(2)19)8-15(10)18)20-9-12-5-3-4-6-14(12)17/h3-8,11H,9,19H2,1-2H3. The summed E-state index contributed by atoms with van der Waals surface area (Å²) in [6.45, 7) is 3.48. The Balaban J connectivity index is 2.25. The van der Waals surface area contributed by atoms with E-state index in [0.29, 0.717) is 22.4 Å². The molecule has 0 fully saturated rings. The number of aryl methyl sites for hydroxylation is 1. The zero-order valence-corrected chi connectivity index (χ0v) is 11.5. The first-order valence-corrected chi connectivity index (χ1v) is 6.41. The van der Waals surface area contributed by atoms with E-state index in [1.165, 1.54) is 12.1 Å². The molecule has 2 aromatic rings. The van der Waals surface area contributed by atoms with Crippen molar-refractivity contribution in [2.45, 2.75) is 26.5 Å². The van der Waals surface area contributed by atoms with Gasteiger partial charge in [-0.05, 0) is 37.6 Å². The molecule has 0 heterocycles. The second-order valence-electron chi connectivity index (χ2n) is 4.81. The first kappa shape index (κ1) is 14.5. The minimum absolute atomic E-state index is 0.0808. The Morgan fingerprint density at radius 1 is 1.15 bits per heavy atom. The van der Waals surface area contributed by atoms with E-state index in [1.54, 1.807) is 38.1 Å². The van der Waals surface area contributed by atoms with Gasteiger partial charge in [0.25, 0.3) is 0 Å². The predicted octanol–water partition coefficient (Wildman–Crippen LogP) is 3.87. The average Bonchev–Trinajstić information content (AvgIpc) is 2.41. The summed E-state index contributed by atoms with van der Waals surface area (Å²) >= 11 is 0. The van der Waals surface area contributed by atoms with Crippen molar-refractivity contribution in [3.63, 3.8) is 0 Å². The molecule has 2 N–H and O–H groups in total. The molecule has 0 radical (unpaired) electrons. The predicted molar refractivity (Wildman–Crippen MR) is 74.5 cm³/mol. The average molecular weight is 277 g/mol. The zero-order valence-electron chi connectivity index (χ0n) is 11.5. The fraction of sp³-hybridized carbons (Fsp3) is 0.250. The summed E-state index contributed by atoms with van der Waals surface area (Å²) in [6, 6.07) is 8.99. The normalized spacial score (nSPS) is 12.2. The van der Waals surface area contributed by atoms with Crippen molar-refractivity contribution < 1.29 is 13.5 Å². The molecule has 2 aromatic carbocycles. The fourth-order valence-corrected chi connectivity index (χ4v) is 1.92. The SMILES string of the molecule is Cc1cc(OCc2ccccc2F)c(C(C)N)cc1F. The zero-order chi connectivity index (χ0) is 14.7. The van der Waals surface area contributed by atoms with Gasteiger partial charge < -0.3 is 10.5 Å². The van der Waals surface area contributed by atoms with Crippen molar-refractivity contribution in [2.75, 3.05) is 0 Å². The van der Waals surface area contributed by atoms with Gasteiger partial charge in [-0.1, -0.05) is 18.2 Å². The molecule has 0 aliphatic carbocycles. The van der Waals surface area contributed by atoms with E-state index >= 15 is 0 Å². The Kier molecular flexibility index (Phi) is 4.35. The summed E-state index contributed by atoms with van der Waals surface area (Å²) in [6.07, 6.45) is 0. The fourth-order valence-electron chi connectivity index (χ4n) is 1.92. The summed E-state index contributed by atoms with van der Waals surface area (Å²) in [5, 5.41) is 0. The first-order chi connectivity index (χ1) is 9.49. The molecular formula is C16H17F2NO. The quantitative estimate of drug-likeness (QED) is 0.920. The molecule has 0 saturated carbocycles. The minimum atomic E-state index is -0.360. The van der Waals surface area contributed by atoms with Crippen LogP contribution in [-0.2, 0) is 6.61 Å². The molecular weight excluding hydrogens is 260 g/mol. The molecule has 0 aliphatic rings. The van der Waals surface area contributed by atoms with E-state index in [0.717, 1.165) is 0 Å². The minimum Gasteiger partial charge on any atom is -0.488 e. The van der Waals surface area contributed by atoms with E-state index in [2.05, 4.69) is 0 Å². The molecule has 0 spiro atoms. The number of nitrogens with two attached hydrogens (primary N) is 1. The number of halogens is 2. The largest absolute Gasteiger partial charge is 0.488 e. The van der Waals surface area contributed by atoms with Gasteiger partial charge in [0.15, 0.2) is 0 Å². The van der Waals surface area contributed by atoms with Crippen LogP contribution in [0.15, 0.2) is 36.4 Å². The molecule has 0 aliphatic heterocycles. The van der Waals surface area contributed by atoms with Crippen LogP contribution in [0.25, 0.3) is 0 Å². The van der Waals surface area contributed by atoms with E-state index in [-0.39, 0.29) is 24.3 Å². The van der Waals surface area contributed by atoms with Gasteiger partial charge in [0.1, 0.15) is 24.0 Å². The Hall–Kier alpha value is -1.94. The van der Waals surface area contributed by atoms with Crippen LogP contribution in [0.2, 0.25) is 0 Å². The van der Waals surface area contributed by atoms with E-state index in [4.69, 9.17) is 10.5 Å². The highest BCUT2D eigenvalue weighted by Gasteiger charge is 2.13. The van der Waals surface area contributed by atoms with Gasteiger partial charge in [0.2, 0.25) is 0 Å². The maximum Gasteiger partial charge on any atom is 0.129 e. The number of benzene rings is 2. The second-order valence-corrected chi connectivity index (χ2v) is 4.81. The van der Waals surface area contributed by atoms with Gasteiger partial charge in [0, 0.05) is 17.2 Å². The molecule has 0 aromatic heterocycles. The molecule has 106 valence electrons. The van der Waals surface area contributed by atoms with Crippen molar-refractivity contribution in [2.24, 2.45) is 5.73 Å². The maximum absolute atomic E-state index is 13.6. The Labute approximate surface area is 117 Å². The summed E-state index contributed by atoms with van der Waals surface area (Å²) in [7, 11) is 0. The van der Waals surface area contributed by atoms with Crippen LogP contribution in [0, 0.1) is 18.6 Å². The molecule has 4 heteroatoms. The highest BCUT2D eigenvalue weighted by atomic mass is 19.1. The molecule has 0 bridgehead atoms. The van der Waals surface area contributed by atoms with Crippen LogP contribution in [-0.4, -0.2) is 0 Å². The summed E-state index contributed by atoms with van der Waals surface area (Å²) in [4.78, 5) is 0. The summed E-state index contributed by atoms with van der Waals surface area (Å²) < 4.78 is 32.7. The van der Waals surface area contributed by atoms with E-state index in [9.17, 15) is 8.78 Å². The number of rotatable bonds is 4. The third-order valence-corrected chi connectivity index (χ3v) is 3.12. The molecule has 2 rings (SSSR count). The molecule has 1 unspecified atom stereocenters. The van der Waals surface area contributed by atoms with Crippen molar-refractivity contribution in [3.8, 4) is 5.75 Å².